The van der Waals surface area contributed by atoms with Gasteiger partial charge in [-0.2, -0.15) is 0 Å². The smallest absolute Gasteiger partial charge is 0.226 e. The second-order valence-corrected chi connectivity index (χ2v) is 5.32. The molecule has 1 rings (SSSR count). The van der Waals surface area contributed by atoms with Crippen molar-refractivity contribution in [2.45, 2.75) is 27.0 Å². The third-order valence-corrected chi connectivity index (χ3v) is 3.04. The van der Waals surface area contributed by atoms with Crippen LogP contribution in [0.2, 0.25) is 0 Å². The third kappa shape index (κ3) is 5.01. The Morgan fingerprint density at radius 1 is 1.32 bits per heavy atom. The highest BCUT2D eigenvalue weighted by atomic mass is 16.5. The van der Waals surface area contributed by atoms with Gasteiger partial charge in [0.15, 0.2) is 0 Å². The molecular weight excluding hydrogens is 240 g/mol. The van der Waals surface area contributed by atoms with Crippen LogP contribution in [0.4, 0.5) is 0 Å². The lowest BCUT2D eigenvalue weighted by Crippen LogP contribution is -2.41. The molecule has 2 N–H and O–H groups in total. The van der Waals surface area contributed by atoms with Crippen LogP contribution in [0, 0.1) is 5.41 Å². The van der Waals surface area contributed by atoms with Crippen molar-refractivity contribution < 1.29 is 9.53 Å². The summed E-state index contributed by atoms with van der Waals surface area (Å²) in [5.74, 6) is 0.0492. The Balaban J connectivity index is 2.49. The number of nitrogens with one attached hydrogen (secondary N) is 2. The minimum absolute atomic E-state index is 0.0492. The molecule has 4 nitrogen and oxygen atoms in total. The first-order chi connectivity index (χ1) is 8.99. The van der Waals surface area contributed by atoms with Crippen molar-refractivity contribution in [2.24, 2.45) is 5.41 Å². The van der Waals surface area contributed by atoms with E-state index in [9.17, 15) is 4.79 Å². The Hall–Kier alpha value is -1.39. The van der Waals surface area contributed by atoms with Gasteiger partial charge in [-0.25, -0.2) is 0 Å². The second-order valence-electron chi connectivity index (χ2n) is 5.32. The first-order valence-electron chi connectivity index (χ1n) is 6.49. The largest absolute Gasteiger partial charge is 0.380 e. The van der Waals surface area contributed by atoms with Gasteiger partial charge in [0.2, 0.25) is 5.91 Å². The zero-order valence-electron chi connectivity index (χ0n) is 12.2. The van der Waals surface area contributed by atoms with Crippen LogP contribution in [-0.2, 0) is 22.7 Å². The van der Waals surface area contributed by atoms with E-state index in [0.717, 1.165) is 12.1 Å². The van der Waals surface area contributed by atoms with Crippen molar-refractivity contribution in [3.05, 3.63) is 35.4 Å². The number of rotatable bonds is 7. The molecule has 0 fully saturated rings. The highest BCUT2D eigenvalue weighted by molar-refractivity contribution is 5.81. The van der Waals surface area contributed by atoms with Gasteiger partial charge in [0.05, 0.1) is 12.0 Å². The molecule has 106 valence electrons. The summed E-state index contributed by atoms with van der Waals surface area (Å²) < 4.78 is 5.11. The number of methoxy groups -OCH3 is 1. The molecule has 19 heavy (non-hydrogen) atoms. The molecule has 0 saturated carbocycles. The fourth-order valence-electron chi connectivity index (χ4n) is 1.93. The summed E-state index contributed by atoms with van der Waals surface area (Å²) in [6, 6.07) is 8.25. The van der Waals surface area contributed by atoms with E-state index in [1.54, 1.807) is 14.2 Å². The Morgan fingerprint density at radius 2 is 2.00 bits per heavy atom. The maximum atomic E-state index is 11.6. The van der Waals surface area contributed by atoms with E-state index in [4.69, 9.17) is 4.74 Å². The van der Waals surface area contributed by atoms with Gasteiger partial charge >= 0.3 is 0 Å². The van der Waals surface area contributed by atoms with Gasteiger partial charge < -0.3 is 15.4 Å². The zero-order chi connectivity index (χ0) is 14.3. The van der Waals surface area contributed by atoms with Gasteiger partial charge in [0.1, 0.15) is 0 Å². The van der Waals surface area contributed by atoms with Crippen LogP contribution in [0.1, 0.15) is 25.0 Å². The molecule has 0 aliphatic carbocycles. The van der Waals surface area contributed by atoms with E-state index in [0.29, 0.717) is 13.2 Å². The summed E-state index contributed by atoms with van der Waals surface area (Å²) in [5, 5.41) is 6.01. The molecule has 1 amide bonds. The SMILES string of the molecule is CNC(=O)C(C)(C)CNCc1cccc(COC)c1. The minimum Gasteiger partial charge on any atom is -0.380 e. The Labute approximate surface area is 115 Å². The average Bonchev–Trinajstić information content (AvgIpc) is 2.38. The standard InChI is InChI=1S/C15H24N2O2/c1-15(2,14(18)16-3)11-17-9-12-6-5-7-13(8-12)10-19-4/h5-8,17H,9-11H2,1-4H3,(H,16,18). The van der Waals surface area contributed by atoms with Gasteiger partial charge in [-0.15, -0.1) is 0 Å². The second kappa shape index (κ2) is 7.26. The number of hydrogen-bond donors (Lipinski definition) is 2. The van der Waals surface area contributed by atoms with Crippen LogP contribution in [0.5, 0.6) is 0 Å². The molecule has 0 heterocycles. The van der Waals surface area contributed by atoms with E-state index in [2.05, 4.69) is 22.8 Å². The molecule has 0 atom stereocenters. The summed E-state index contributed by atoms with van der Waals surface area (Å²) in [6.45, 7) is 5.87. The maximum absolute atomic E-state index is 11.6. The first kappa shape index (κ1) is 15.7. The summed E-state index contributed by atoms with van der Waals surface area (Å²) in [7, 11) is 3.36. The molecule has 1 aromatic rings. The van der Waals surface area contributed by atoms with E-state index >= 15 is 0 Å². The molecule has 1 aromatic carbocycles. The van der Waals surface area contributed by atoms with Crippen molar-refractivity contribution in [3.63, 3.8) is 0 Å². The van der Waals surface area contributed by atoms with Crippen molar-refractivity contribution in [1.29, 1.82) is 0 Å². The van der Waals surface area contributed by atoms with Crippen molar-refractivity contribution >= 4 is 5.91 Å². The Morgan fingerprint density at radius 3 is 2.63 bits per heavy atom. The molecular formula is C15H24N2O2. The summed E-state index contributed by atoms with van der Waals surface area (Å²) in [6.07, 6.45) is 0. The lowest BCUT2D eigenvalue weighted by molar-refractivity contribution is -0.128. The van der Waals surface area contributed by atoms with Gasteiger partial charge in [0.25, 0.3) is 0 Å². The molecule has 0 spiro atoms. The summed E-state index contributed by atoms with van der Waals surface area (Å²) in [4.78, 5) is 11.6. The predicted octanol–water partition coefficient (Wildman–Crippen LogP) is 1.69. The maximum Gasteiger partial charge on any atom is 0.226 e. The van der Waals surface area contributed by atoms with Crippen LogP contribution < -0.4 is 10.6 Å². The molecule has 0 unspecified atom stereocenters. The number of carbonyl (C=O) groups is 1. The van der Waals surface area contributed by atoms with E-state index < -0.39 is 5.41 Å². The topological polar surface area (TPSA) is 50.4 Å². The van der Waals surface area contributed by atoms with Gasteiger partial charge in [-0.3, -0.25) is 4.79 Å². The number of amides is 1. The highest BCUT2D eigenvalue weighted by Crippen LogP contribution is 2.14. The first-order valence-corrected chi connectivity index (χ1v) is 6.49. The van der Waals surface area contributed by atoms with Crippen LogP contribution >= 0.6 is 0 Å². The quantitative estimate of drug-likeness (QED) is 0.788. The van der Waals surface area contributed by atoms with Crippen LogP contribution in [0.3, 0.4) is 0 Å². The molecule has 0 aliphatic heterocycles. The predicted molar refractivity (Wildman–Crippen MR) is 76.7 cm³/mol. The fraction of sp³-hybridized carbons (Fsp3) is 0.533. The monoisotopic (exact) mass is 264 g/mol. The molecule has 0 radical (unpaired) electrons. The summed E-state index contributed by atoms with van der Waals surface area (Å²) in [5.41, 5.74) is 1.95. The lowest BCUT2D eigenvalue weighted by atomic mass is 9.92. The molecule has 0 saturated heterocycles. The normalized spacial score (nSPS) is 11.4. The van der Waals surface area contributed by atoms with Gasteiger partial charge in [-0.05, 0) is 25.0 Å². The molecule has 0 bridgehead atoms. The van der Waals surface area contributed by atoms with Gasteiger partial charge in [-0.1, -0.05) is 24.3 Å². The average molecular weight is 264 g/mol. The van der Waals surface area contributed by atoms with Crippen LogP contribution in [0.25, 0.3) is 0 Å². The number of carbonyl (C=O) groups excluding carboxylic acids is 1. The zero-order valence-corrected chi connectivity index (χ0v) is 12.2. The highest BCUT2D eigenvalue weighted by Gasteiger charge is 2.25. The number of hydrogen-bond acceptors (Lipinski definition) is 3. The van der Waals surface area contributed by atoms with Crippen molar-refractivity contribution in [1.82, 2.24) is 10.6 Å². The van der Waals surface area contributed by atoms with Crippen molar-refractivity contribution in [3.8, 4) is 0 Å². The van der Waals surface area contributed by atoms with Crippen molar-refractivity contribution in [2.75, 3.05) is 20.7 Å². The van der Waals surface area contributed by atoms with Crippen LogP contribution in [0.15, 0.2) is 24.3 Å². The molecule has 0 aromatic heterocycles. The molecule has 0 aliphatic rings. The minimum atomic E-state index is -0.404. The fourth-order valence-corrected chi connectivity index (χ4v) is 1.93. The molecule has 4 heteroatoms. The van der Waals surface area contributed by atoms with E-state index in [1.807, 2.05) is 26.0 Å². The van der Waals surface area contributed by atoms with Gasteiger partial charge in [0, 0.05) is 27.2 Å². The number of ether oxygens (including phenoxy) is 1. The Bertz CT molecular complexity index is 416. The summed E-state index contributed by atoms with van der Waals surface area (Å²) >= 11 is 0. The lowest BCUT2D eigenvalue weighted by Gasteiger charge is -2.23. The van der Waals surface area contributed by atoms with E-state index in [-0.39, 0.29) is 5.91 Å². The third-order valence-electron chi connectivity index (χ3n) is 3.04. The van der Waals surface area contributed by atoms with Crippen LogP contribution in [-0.4, -0.2) is 26.6 Å². The van der Waals surface area contributed by atoms with E-state index in [1.165, 1.54) is 5.56 Å². The number of benzene rings is 1. The Kier molecular flexibility index (Phi) is 5.99.